The normalized spacial score (nSPS) is 19.7. The third kappa shape index (κ3) is 4.04. The number of thioether (sulfide) groups is 1. The number of benzene rings is 1. The van der Waals surface area contributed by atoms with Crippen LogP contribution in [0.3, 0.4) is 0 Å². The van der Waals surface area contributed by atoms with Crippen molar-refractivity contribution < 1.29 is 9.84 Å². The van der Waals surface area contributed by atoms with E-state index < -0.39 is 0 Å². The van der Waals surface area contributed by atoms with Crippen LogP contribution in [0.15, 0.2) is 29.2 Å². The van der Waals surface area contributed by atoms with Gasteiger partial charge in [-0.15, -0.1) is 11.8 Å². The molecule has 1 saturated heterocycles. The van der Waals surface area contributed by atoms with Gasteiger partial charge in [0, 0.05) is 42.4 Å². The molecule has 5 rings (SSSR count). The molecule has 6 nitrogen and oxygen atoms in total. The van der Waals surface area contributed by atoms with E-state index in [1.54, 1.807) is 0 Å². The third-order valence-electron chi connectivity index (χ3n) is 5.99. The Hall–Kier alpha value is -1.96. The van der Waals surface area contributed by atoms with Crippen molar-refractivity contribution in [3.63, 3.8) is 0 Å². The number of likely N-dealkylation sites (tertiary alicyclic amines) is 1. The summed E-state index contributed by atoms with van der Waals surface area (Å²) in [7, 11) is 0. The number of aryl methyl sites for hydroxylation is 1. The molecule has 0 radical (unpaired) electrons. The summed E-state index contributed by atoms with van der Waals surface area (Å²) in [6.45, 7) is 4.22. The van der Waals surface area contributed by atoms with E-state index in [1.165, 1.54) is 22.4 Å². The fourth-order valence-corrected chi connectivity index (χ4v) is 5.56. The smallest absolute Gasteiger partial charge is 0.122 e. The van der Waals surface area contributed by atoms with Crippen LogP contribution in [0.4, 0.5) is 0 Å². The number of hydrogen-bond acceptors (Lipinski definition) is 5. The van der Waals surface area contributed by atoms with E-state index >= 15 is 0 Å². The zero-order valence-corrected chi connectivity index (χ0v) is 17.4. The van der Waals surface area contributed by atoms with Gasteiger partial charge in [-0.25, -0.2) is 0 Å². The molecule has 1 atom stereocenters. The van der Waals surface area contributed by atoms with Crippen LogP contribution in [0, 0.1) is 5.92 Å². The van der Waals surface area contributed by atoms with E-state index in [-0.39, 0.29) is 0 Å². The van der Waals surface area contributed by atoms with Crippen molar-refractivity contribution >= 4 is 22.7 Å². The van der Waals surface area contributed by atoms with Gasteiger partial charge in [-0.2, -0.15) is 5.10 Å². The van der Waals surface area contributed by atoms with Crippen molar-refractivity contribution in [2.75, 3.05) is 38.6 Å². The second-order valence-electron chi connectivity index (χ2n) is 8.10. The highest BCUT2D eigenvalue weighted by Gasteiger charge is 2.21. The number of nitrogens with one attached hydrogen (secondary N) is 2. The molecule has 2 aromatic heterocycles. The number of aliphatic hydroxyl groups is 1. The topological polar surface area (TPSA) is 77.2 Å². The molecule has 29 heavy (non-hydrogen) atoms. The number of H-pyrrole nitrogens is 2. The zero-order chi connectivity index (χ0) is 19.6. The van der Waals surface area contributed by atoms with E-state index in [9.17, 15) is 5.11 Å². The molecule has 1 aromatic carbocycles. The maximum atomic E-state index is 9.36. The van der Waals surface area contributed by atoms with Gasteiger partial charge in [0.05, 0.1) is 22.9 Å². The molecule has 7 heteroatoms. The largest absolute Gasteiger partial charge is 0.493 e. The predicted molar refractivity (Wildman–Crippen MR) is 117 cm³/mol. The molecule has 1 unspecified atom stereocenters. The van der Waals surface area contributed by atoms with Gasteiger partial charge in [-0.3, -0.25) is 5.10 Å². The minimum absolute atomic E-state index is 0.310. The van der Waals surface area contributed by atoms with E-state index in [2.05, 4.69) is 38.3 Å². The monoisotopic (exact) mass is 412 g/mol. The summed E-state index contributed by atoms with van der Waals surface area (Å²) in [5.41, 5.74) is 4.43. The molecule has 0 spiro atoms. The third-order valence-corrected chi connectivity index (χ3v) is 7.12. The van der Waals surface area contributed by atoms with Gasteiger partial charge in [-0.05, 0) is 56.3 Å². The van der Waals surface area contributed by atoms with Gasteiger partial charge in [0.2, 0.25) is 0 Å². The number of aromatic nitrogens is 3. The molecular weight excluding hydrogens is 384 g/mol. The lowest BCUT2D eigenvalue weighted by Gasteiger charge is -2.31. The minimum atomic E-state index is 0.310. The maximum absolute atomic E-state index is 9.36. The zero-order valence-electron chi connectivity index (χ0n) is 16.6. The number of rotatable bonds is 7. The lowest BCUT2D eigenvalue weighted by atomic mass is 9.99. The average Bonchev–Trinajstić information content (AvgIpc) is 3.46. The van der Waals surface area contributed by atoms with Crippen molar-refractivity contribution in [2.24, 2.45) is 5.92 Å². The number of aliphatic hydroxyl groups excluding tert-OH is 1. The Bertz CT molecular complexity index is 983. The summed E-state index contributed by atoms with van der Waals surface area (Å²) in [5.74, 6) is 2.48. The number of nitrogens with zero attached hydrogens (tertiary/aromatic N) is 2. The summed E-state index contributed by atoms with van der Waals surface area (Å²) < 4.78 is 6.01. The van der Waals surface area contributed by atoms with Crippen LogP contribution in [0.1, 0.15) is 25.0 Å². The van der Waals surface area contributed by atoms with Crippen LogP contribution in [0.2, 0.25) is 0 Å². The summed E-state index contributed by atoms with van der Waals surface area (Å²) >= 11 is 1.88. The van der Waals surface area contributed by atoms with Crippen molar-refractivity contribution in [3.8, 4) is 17.1 Å². The predicted octanol–water partition coefficient (Wildman–Crippen LogP) is 3.68. The van der Waals surface area contributed by atoms with Crippen molar-refractivity contribution in [2.45, 2.75) is 30.6 Å². The summed E-state index contributed by atoms with van der Waals surface area (Å²) in [6, 6.07) is 8.41. The van der Waals surface area contributed by atoms with E-state index in [0.717, 1.165) is 67.3 Å². The highest BCUT2D eigenvalue weighted by Crippen LogP contribution is 2.38. The molecule has 1 fully saturated rings. The number of hydrogen-bond donors (Lipinski definition) is 3. The molecule has 3 N–H and O–H groups in total. The molecule has 0 aliphatic carbocycles. The first-order chi connectivity index (χ1) is 14.3. The second-order valence-corrected chi connectivity index (χ2v) is 9.21. The molecule has 154 valence electrons. The summed E-state index contributed by atoms with van der Waals surface area (Å²) in [6.07, 6.45) is 4.42. The fraction of sp³-hybridized carbons (Fsp3) is 0.500. The van der Waals surface area contributed by atoms with Crippen LogP contribution in [-0.4, -0.2) is 63.8 Å². The lowest BCUT2D eigenvalue weighted by molar-refractivity contribution is 0.115. The second kappa shape index (κ2) is 8.42. The lowest BCUT2D eigenvalue weighted by Crippen LogP contribution is -2.37. The van der Waals surface area contributed by atoms with Gasteiger partial charge in [0.15, 0.2) is 0 Å². The van der Waals surface area contributed by atoms with Crippen LogP contribution < -0.4 is 4.74 Å². The van der Waals surface area contributed by atoms with Crippen LogP contribution in [0.5, 0.6) is 5.75 Å². The first kappa shape index (κ1) is 19.0. The molecule has 2 aliphatic rings. The Morgan fingerprint density at radius 1 is 1.31 bits per heavy atom. The van der Waals surface area contributed by atoms with E-state index in [4.69, 9.17) is 4.74 Å². The highest BCUT2D eigenvalue weighted by molar-refractivity contribution is 7.99. The van der Waals surface area contributed by atoms with Gasteiger partial charge in [0.25, 0.3) is 0 Å². The fourth-order valence-electron chi connectivity index (χ4n) is 4.44. The number of piperidine rings is 1. The molecular formula is C22H28N4O2S. The van der Waals surface area contributed by atoms with Crippen molar-refractivity contribution in [1.29, 1.82) is 0 Å². The van der Waals surface area contributed by atoms with Crippen LogP contribution >= 0.6 is 11.8 Å². The highest BCUT2D eigenvalue weighted by atomic mass is 32.2. The molecule has 0 bridgehead atoms. The molecule has 0 amide bonds. The van der Waals surface area contributed by atoms with E-state index in [1.807, 2.05) is 17.8 Å². The van der Waals surface area contributed by atoms with E-state index in [0.29, 0.717) is 19.1 Å². The first-order valence-electron chi connectivity index (χ1n) is 10.6. The molecule has 2 aliphatic heterocycles. The minimum Gasteiger partial charge on any atom is -0.493 e. The van der Waals surface area contributed by atoms with Gasteiger partial charge in [-0.1, -0.05) is 0 Å². The SMILES string of the molecule is OCC1CCCN(CCCOc2ccc3cc(-c4n[nH]c5c4SCC5)[nH]c3c2)C1. The summed E-state index contributed by atoms with van der Waals surface area (Å²) in [4.78, 5) is 7.25. The van der Waals surface area contributed by atoms with Gasteiger partial charge < -0.3 is 19.7 Å². The van der Waals surface area contributed by atoms with Crippen LogP contribution in [0.25, 0.3) is 22.3 Å². The number of aromatic amines is 2. The molecule has 0 saturated carbocycles. The number of fused-ring (bicyclic) bond motifs is 2. The van der Waals surface area contributed by atoms with Gasteiger partial charge in [0.1, 0.15) is 11.4 Å². The Morgan fingerprint density at radius 3 is 3.21 bits per heavy atom. The van der Waals surface area contributed by atoms with Crippen LogP contribution in [-0.2, 0) is 6.42 Å². The Balaban J connectivity index is 1.19. The average molecular weight is 413 g/mol. The quantitative estimate of drug-likeness (QED) is 0.516. The summed E-state index contributed by atoms with van der Waals surface area (Å²) in [5, 5.41) is 18.2. The van der Waals surface area contributed by atoms with Gasteiger partial charge >= 0.3 is 0 Å². The molecule has 3 aromatic rings. The van der Waals surface area contributed by atoms with Crippen molar-refractivity contribution in [1.82, 2.24) is 20.1 Å². The first-order valence-corrected chi connectivity index (χ1v) is 11.6. The Labute approximate surface area is 175 Å². The Kier molecular flexibility index (Phi) is 5.52. The Morgan fingerprint density at radius 2 is 2.28 bits per heavy atom. The maximum Gasteiger partial charge on any atom is 0.122 e. The number of ether oxygens (including phenoxy) is 1. The molecule has 4 heterocycles. The van der Waals surface area contributed by atoms with Crippen molar-refractivity contribution in [3.05, 3.63) is 30.0 Å². The standard InChI is InChI=1S/C22H28N4O2S/c27-14-15-3-1-7-26(13-15)8-2-9-28-17-5-4-16-11-20(23-19(16)12-17)21-22-18(24-25-21)6-10-29-22/h4-5,11-12,15,23,27H,1-3,6-10,13-14H2,(H,24,25).